The third-order valence-corrected chi connectivity index (χ3v) is 4.17. The Morgan fingerprint density at radius 2 is 1.76 bits per heavy atom. The van der Waals surface area contributed by atoms with Gasteiger partial charge in [0.25, 0.3) is 0 Å². The molecule has 1 aliphatic heterocycles. The van der Waals surface area contributed by atoms with Gasteiger partial charge in [0.05, 0.1) is 0 Å². The summed E-state index contributed by atoms with van der Waals surface area (Å²) < 4.78 is 0. The highest BCUT2D eigenvalue weighted by molar-refractivity contribution is 5.46. The van der Waals surface area contributed by atoms with Crippen LogP contribution in [0.4, 0.5) is 5.69 Å². The molecule has 3 rings (SSSR count). The second-order valence-electron chi connectivity index (χ2n) is 5.40. The smallest absolute Gasteiger partial charge is 0.0487 e. The van der Waals surface area contributed by atoms with Crippen LogP contribution in [-0.2, 0) is 0 Å². The molecule has 1 aliphatic rings. The monoisotopic (exact) mass is 282 g/mol. The van der Waals surface area contributed by atoms with Gasteiger partial charge in [0.15, 0.2) is 0 Å². The van der Waals surface area contributed by atoms with E-state index in [1.807, 2.05) is 18.5 Å². The summed E-state index contributed by atoms with van der Waals surface area (Å²) in [6.07, 6.45) is 3.74. The van der Waals surface area contributed by atoms with Gasteiger partial charge in [-0.15, -0.1) is 0 Å². The quantitative estimate of drug-likeness (QED) is 0.930. The number of hydrogen-bond donors (Lipinski definition) is 1. The maximum atomic E-state index is 6.00. The third kappa shape index (κ3) is 3.23. The Morgan fingerprint density at radius 1 is 1.00 bits per heavy atom. The summed E-state index contributed by atoms with van der Waals surface area (Å²) in [7, 11) is 0. The Bertz CT molecular complexity index is 535. The molecule has 0 radical (unpaired) electrons. The fourth-order valence-corrected chi connectivity index (χ4v) is 3.00. The Labute approximate surface area is 126 Å². The summed E-state index contributed by atoms with van der Waals surface area (Å²) >= 11 is 0. The normalized spacial score (nSPS) is 17.7. The van der Waals surface area contributed by atoms with Crippen molar-refractivity contribution in [1.82, 2.24) is 9.88 Å². The number of para-hydroxylation sites is 1. The van der Waals surface area contributed by atoms with E-state index < -0.39 is 0 Å². The molecule has 1 saturated heterocycles. The fourth-order valence-electron chi connectivity index (χ4n) is 3.00. The Kier molecular flexibility index (Phi) is 4.48. The number of hydrogen-bond acceptors (Lipinski definition) is 4. The lowest BCUT2D eigenvalue weighted by Gasteiger charge is -2.40. The minimum atomic E-state index is 0.275. The molecule has 0 bridgehead atoms. The molecular weight excluding hydrogens is 260 g/mol. The molecule has 0 saturated carbocycles. The number of nitrogens with two attached hydrogens (primary N) is 1. The predicted molar refractivity (Wildman–Crippen MR) is 86.3 cm³/mol. The number of anilines is 1. The Balaban J connectivity index is 1.65. The van der Waals surface area contributed by atoms with E-state index in [1.165, 1.54) is 11.3 Å². The maximum Gasteiger partial charge on any atom is 0.0487 e. The molecule has 2 N–H and O–H groups in total. The van der Waals surface area contributed by atoms with Crippen molar-refractivity contribution in [2.24, 2.45) is 5.73 Å². The fraction of sp³-hybridized carbons (Fsp3) is 0.353. The highest BCUT2D eigenvalue weighted by Crippen LogP contribution is 2.22. The predicted octanol–water partition coefficient (Wildman–Crippen LogP) is 1.90. The Hall–Kier alpha value is -1.91. The van der Waals surface area contributed by atoms with E-state index in [-0.39, 0.29) is 6.04 Å². The van der Waals surface area contributed by atoms with Gasteiger partial charge >= 0.3 is 0 Å². The first kappa shape index (κ1) is 14.0. The van der Waals surface area contributed by atoms with Crippen LogP contribution in [0.2, 0.25) is 0 Å². The van der Waals surface area contributed by atoms with E-state index in [9.17, 15) is 0 Å². The molecule has 0 amide bonds. The van der Waals surface area contributed by atoms with Crippen LogP contribution in [0, 0.1) is 0 Å². The van der Waals surface area contributed by atoms with E-state index in [0.29, 0.717) is 6.54 Å². The molecule has 21 heavy (non-hydrogen) atoms. The zero-order valence-electron chi connectivity index (χ0n) is 12.2. The van der Waals surface area contributed by atoms with E-state index in [4.69, 9.17) is 5.73 Å². The molecule has 4 heteroatoms. The lowest BCUT2D eigenvalue weighted by atomic mass is 10.1. The molecule has 2 aromatic rings. The molecule has 1 aromatic carbocycles. The van der Waals surface area contributed by atoms with E-state index in [0.717, 1.165) is 26.2 Å². The van der Waals surface area contributed by atoms with Gasteiger partial charge in [0.2, 0.25) is 0 Å². The van der Waals surface area contributed by atoms with Crippen molar-refractivity contribution in [2.45, 2.75) is 6.04 Å². The summed E-state index contributed by atoms with van der Waals surface area (Å²) in [5.74, 6) is 0. The number of nitrogens with zero attached hydrogens (tertiary/aromatic N) is 3. The van der Waals surface area contributed by atoms with Crippen molar-refractivity contribution < 1.29 is 0 Å². The van der Waals surface area contributed by atoms with Crippen LogP contribution in [0.1, 0.15) is 11.6 Å². The summed E-state index contributed by atoms with van der Waals surface area (Å²) in [5.41, 5.74) is 8.52. The summed E-state index contributed by atoms with van der Waals surface area (Å²) in [6.45, 7) is 4.79. The lowest BCUT2D eigenvalue weighted by molar-refractivity contribution is 0.190. The topological polar surface area (TPSA) is 45.4 Å². The van der Waals surface area contributed by atoms with Crippen LogP contribution in [0.3, 0.4) is 0 Å². The zero-order chi connectivity index (χ0) is 14.5. The highest BCUT2D eigenvalue weighted by Gasteiger charge is 2.24. The minimum Gasteiger partial charge on any atom is -0.369 e. The number of aromatic nitrogens is 1. The van der Waals surface area contributed by atoms with Gasteiger partial charge in [-0.3, -0.25) is 9.88 Å². The van der Waals surface area contributed by atoms with Crippen molar-refractivity contribution in [3.05, 3.63) is 60.4 Å². The van der Waals surface area contributed by atoms with Gasteiger partial charge in [-0.05, 0) is 23.8 Å². The first-order chi connectivity index (χ1) is 10.4. The van der Waals surface area contributed by atoms with Gasteiger partial charge < -0.3 is 10.6 Å². The van der Waals surface area contributed by atoms with Gasteiger partial charge in [-0.25, -0.2) is 0 Å². The largest absolute Gasteiger partial charge is 0.369 e. The number of rotatable bonds is 4. The molecule has 4 nitrogen and oxygen atoms in total. The molecule has 110 valence electrons. The van der Waals surface area contributed by atoms with Gasteiger partial charge in [0.1, 0.15) is 0 Å². The molecule has 1 fully saturated rings. The first-order valence-corrected chi connectivity index (χ1v) is 7.52. The molecule has 2 heterocycles. The van der Waals surface area contributed by atoms with Crippen molar-refractivity contribution in [1.29, 1.82) is 0 Å². The molecular formula is C17H22N4. The second kappa shape index (κ2) is 6.70. The Morgan fingerprint density at radius 3 is 2.38 bits per heavy atom. The summed E-state index contributed by atoms with van der Waals surface area (Å²) in [4.78, 5) is 9.12. The van der Waals surface area contributed by atoms with Crippen LogP contribution in [0.25, 0.3) is 0 Å². The van der Waals surface area contributed by atoms with Crippen molar-refractivity contribution >= 4 is 5.69 Å². The van der Waals surface area contributed by atoms with Gasteiger partial charge in [0, 0.05) is 56.8 Å². The number of piperazine rings is 1. The first-order valence-electron chi connectivity index (χ1n) is 7.52. The number of pyridine rings is 1. The number of benzene rings is 1. The molecule has 0 spiro atoms. The maximum absolute atomic E-state index is 6.00. The molecule has 1 aromatic heterocycles. The van der Waals surface area contributed by atoms with Crippen LogP contribution >= 0.6 is 0 Å². The minimum absolute atomic E-state index is 0.275. The van der Waals surface area contributed by atoms with Crippen molar-refractivity contribution in [3.63, 3.8) is 0 Å². The van der Waals surface area contributed by atoms with Gasteiger partial charge in [-0.1, -0.05) is 24.3 Å². The van der Waals surface area contributed by atoms with Crippen LogP contribution in [-0.4, -0.2) is 42.6 Å². The third-order valence-electron chi connectivity index (χ3n) is 4.17. The average Bonchev–Trinajstić information content (AvgIpc) is 2.58. The average molecular weight is 282 g/mol. The van der Waals surface area contributed by atoms with Crippen LogP contribution < -0.4 is 10.6 Å². The summed E-state index contributed by atoms with van der Waals surface area (Å²) in [5, 5.41) is 0. The SMILES string of the molecule is NC[C@@H](c1cccnc1)N1CCN(c2ccccc2)CC1. The van der Waals surface area contributed by atoms with Crippen molar-refractivity contribution in [2.75, 3.05) is 37.6 Å². The second-order valence-corrected chi connectivity index (χ2v) is 5.40. The van der Waals surface area contributed by atoms with E-state index in [2.05, 4.69) is 51.2 Å². The van der Waals surface area contributed by atoms with Crippen LogP contribution in [0.15, 0.2) is 54.9 Å². The summed E-state index contributed by atoms with van der Waals surface area (Å²) in [6, 6.07) is 15.0. The molecule has 0 unspecified atom stereocenters. The highest BCUT2D eigenvalue weighted by atomic mass is 15.3. The lowest BCUT2D eigenvalue weighted by Crippen LogP contribution is -2.49. The molecule has 0 aliphatic carbocycles. The van der Waals surface area contributed by atoms with Gasteiger partial charge in [-0.2, -0.15) is 0 Å². The zero-order valence-corrected chi connectivity index (χ0v) is 12.2. The standard InChI is InChI=1S/C17H22N4/c18-13-17(15-5-4-8-19-14-15)21-11-9-20(10-12-21)16-6-2-1-3-7-16/h1-8,14,17H,9-13,18H2/t17-/m0/s1. The van der Waals surface area contributed by atoms with E-state index >= 15 is 0 Å². The van der Waals surface area contributed by atoms with Crippen LogP contribution in [0.5, 0.6) is 0 Å². The van der Waals surface area contributed by atoms with E-state index in [1.54, 1.807) is 0 Å². The molecule has 1 atom stereocenters. The van der Waals surface area contributed by atoms with Crippen molar-refractivity contribution in [3.8, 4) is 0 Å².